The summed E-state index contributed by atoms with van der Waals surface area (Å²) < 4.78 is 0. The smallest absolute Gasteiger partial charge is 0.252 e. The molecule has 1 aliphatic heterocycles. The fourth-order valence-corrected chi connectivity index (χ4v) is 2.05. The normalized spacial score (nSPS) is 19.2. The number of aromatic hydroxyl groups is 1. The Labute approximate surface area is 105 Å². The third-order valence-electron chi connectivity index (χ3n) is 3.05. The van der Waals surface area contributed by atoms with Crippen LogP contribution in [0.15, 0.2) is 18.2 Å². The lowest BCUT2D eigenvalue weighted by Crippen LogP contribution is -2.50. The lowest BCUT2D eigenvalue weighted by molar-refractivity contribution is -0.124. The molecule has 0 spiro atoms. The van der Waals surface area contributed by atoms with Crippen LogP contribution >= 0.6 is 0 Å². The molecule has 18 heavy (non-hydrogen) atoms. The molecular weight excluding hydrogens is 232 g/mol. The second-order valence-electron chi connectivity index (χ2n) is 4.46. The van der Waals surface area contributed by atoms with E-state index in [2.05, 4.69) is 10.6 Å². The molecule has 0 bridgehead atoms. The molecule has 1 atom stereocenters. The summed E-state index contributed by atoms with van der Waals surface area (Å²) in [5.74, 6) is -0.292. The van der Waals surface area contributed by atoms with Gasteiger partial charge in [-0.3, -0.25) is 9.59 Å². The summed E-state index contributed by atoms with van der Waals surface area (Å²) in [5.41, 5.74) is 1.16. The van der Waals surface area contributed by atoms with Crippen LogP contribution in [0, 0.1) is 6.92 Å². The van der Waals surface area contributed by atoms with Gasteiger partial charge in [0.15, 0.2) is 0 Å². The first kappa shape index (κ1) is 12.4. The molecule has 0 aliphatic carbocycles. The topological polar surface area (TPSA) is 78.4 Å². The van der Waals surface area contributed by atoms with Crippen LogP contribution in [-0.4, -0.2) is 29.5 Å². The minimum absolute atomic E-state index is 0.124. The quantitative estimate of drug-likeness (QED) is 0.721. The number of phenolic OH excluding ortho intramolecular Hbond substituents is 1. The van der Waals surface area contributed by atoms with Gasteiger partial charge in [-0.2, -0.15) is 0 Å². The number of piperidine rings is 1. The van der Waals surface area contributed by atoms with Gasteiger partial charge in [0.2, 0.25) is 5.91 Å². The first-order valence-electron chi connectivity index (χ1n) is 5.96. The van der Waals surface area contributed by atoms with Gasteiger partial charge in [-0.05, 0) is 43.5 Å². The molecule has 1 aromatic rings. The molecule has 96 valence electrons. The number of rotatable bonds is 2. The van der Waals surface area contributed by atoms with Crippen molar-refractivity contribution in [2.45, 2.75) is 25.8 Å². The first-order valence-corrected chi connectivity index (χ1v) is 5.96. The van der Waals surface area contributed by atoms with E-state index in [0.717, 1.165) is 6.42 Å². The van der Waals surface area contributed by atoms with Crippen LogP contribution in [0.3, 0.4) is 0 Å². The fraction of sp³-hybridized carbons (Fsp3) is 0.385. The van der Waals surface area contributed by atoms with E-state index >= 15 is 0 Å². The highest BCUT2D eigenvalue weighted by Crippen LogP contribution is 2.16. The Bertz CT molecular complexity index is 485. The molecule has 5 nitrogen and oxygen atoms in total. The average Bonchev–Trinajstić information content (AvgIpc) is 2.32. The Morgan fingerprint density at radius 2 is 2.28 bits per heavy atom. The van der Waals surface area contributed by atoms with E-state index in [0.29, 0.717) is 24.1 Å². The Morgan fingerprint density at radius 3 is 2.94 bits per heavy atom. The molecule has 2 rings (SSSR count). The van der Waals surface area contributed by atoms with Gasteiger partial charge in [-0.15, -0.1) is 0 Å². The summed E-state index contributed by atoms with van der Waals surface area (Å²) in [4.78, 5) is 23.6. The Balaban J connectivity index is 2.09. The van der Waals surface area contributed by atoms with Gasteiger partial charge in [0, 0.05) is 12.1 Å². The van der Waals surface area contributed by atoms with Crippen molar-refractivity contribution in [3.05, 3.63) is 29.3 Å². The molecule has 0 radical (unpaired) electrons. The predicted octanol–water partition coefficient (Wildman–Crippen LogP) is 0.709. The summed E-state index contributed by atoms with van der Waals surface area (Å²) in [6.07, 6.45) is 1.53. The minimum atomic E-state index is -0.459. The van der Waals surface area contributed by atoms with E-state index in [1.807, 2.05) is 0 Å². The van der Waals surface area contributed by atoms with Crippen molar-refractivity contribution >= 4 is 11.8 Å². The van der Waals surface area contributed by atoms with Crippen molar-refractivity contribution < 1.29 is 14.7 Å². The van der Waals surface area contributed by atoms with Gasteiger partial charge in [-0.1, -0.05) is 0 Å². The second-order valence-corrected chi connectivity index (χ2v) is 4.46. The van der Waals surface area contributed by atoms with E-state index < -0.39 is 6.04 Å². The number of benzene rings is 1. The molecular formula is C13H16N2O3. The molecule has 1 fully saturated rings. The van der Waals surface area contributed by atoms with Crippen LogP contribution in [0.4, 0.5) is 0 Å². The van der Waals surface area contributed by atoms with Crippen LogP contribution in [0.2, 0.25) is 0 Å². The number of carbonyl (C=O) groups excluding carboxylic acids is 2. The molecule has 0 saturated carbocycles. The van der Waals surface area contributed by atoms with Gasteiger partial charge in [0.25, 0.3) is 5.91 Å². The number of hydrogen-bond donors (Lipinski definition) is 3. The highest BCUT2D eigenvalue weighted by molar-refractivity contribution is 5.98. The molecule has 1 aromatic carbocycles. The summed E-state index contributed by atoms with van der Waals surface area (Å²) >= 11 is 0. The summed E-state index contributed by atoms with van der Waals surface area (Å²) in [6, 6.07) is 4.08. The van der Waals surface area contributed by atoms with Gasteiger partial charge < -0.3 is 15.7 Å². The maximum Gasteiger partial charge on any atom is 0.252 e. The fourth-order valence-electron chi connectivity index (χ4n) is 2.05. The molecule has 1 saturated heterocycles. The highest BCUT2D eigenvalue weighted by atomic mass is 16.3. The predicted molar refractivity (Wildman–Crippen MR) is 66.3 cm³/mol. The van der Waals surface area contributed by atoms with Crippen molar-refractivity contribution in [1.29, 1.82) is 0 Å². The number of amides is 2. The average molecular weight is 248 g/mol. The molecule has 5 heteroatoms. The maximum atomic E-state index is 12.0. The van der Waals surface area contributed by atoms with Crippen molar-refractivity contribution in [3.8, 4) is 5.75 Å². The Hall–Kier alpha value is -2.04. The van der Waals surface area contributed by atoms with E-state index in [9.17, 15) is 14.7 Å². The number of nitrogens with one attached hydrogen (secondary N) is 2. The third kappa shape index (κ3) is 2.61. The molecule has 1 aliphatic rings. The van der Waals surface area contributed by atoms with E-state index in [-0.39, 0.29) is 17.6 Å². The number of phenols is 1. The summed E-state index contributed by atoms with van der Waals surface area (Å²) in [6.45, 7) is 2.42. The SMILES string of the molecule is Cc1cc(O)ccc1C(=O)NC1CCCNC1=O. The summed E-state index contributed by atoms with van der Waals surface area (Å²) in [5, 5.41) is 14.7. The zero-order valence-corrected chi connectivity index (χ0v) is 10.2. The maximum absolute atomic E-state index is 12.0. The molecule has 0 aromatic heterocycles. The monoisotopic (exact) mass is 248 g/mol. The minimum Gasteiger partial charge on any atom is -0.508 e. The highest BCUT2D eigenvalue weighted by Gasteiger charge is 2.24. The van der Waals surface area contributed by atoms with Crippen LogP contribution in [-0.2, 0) is 4.79 Å². The van der Waals surface area contributed by atoms with Crippen molar-refractivity contribution in [2.75, 3.05) is 6.54 Å². The van der Waals surface area contributed by atoms with Crippen LogP contribution in [0.5, 0.6) is 5.75 Å². The van der Waals surface area contributed by atoms with Crippen molar-refractivity contribution in [2.24, 2.45) is 0 Å². The summed E-state index contributed by atoms with van der Waals surface area (Å²) in [7, 11) is 0. The molecule has 1 unspecified atom stereocenters. The standard InChI is InChI=1S/C13H16N2O3/c1-8-7-9(16)4-5-10(8)12(17)15-11-3-2-6-14-13(11)18/h4-5,7,11,16H,2-3,6H2,1H3,(H,14,18)(H,15,17). The number of aryl methyl sites for hydroxylation is 1. The van der Waals surface area contributed by atoms with Crippen LogP contribution < -0.4 is 10.6 Å². The second kappa shape index (κ2) is 5.08. The van der Waals surface area contributed by atoms with Crippen LogP contribution in [0.25, 0.3) is 0 Å². The van der Waals surface area contributed by atoms with Gasteiger partial charge in [-0.25, -0.2) is 0 Å². The first-order chi connectivity index (χ1) is 8.58. The van der Waals surface area contributed by atoms with Gasteiger partial charge in [0.05, 0.1) is 0 Å². The number of carbonyl (C=O) groups is 2. The van der Waals surface area contributed by atoms with Crippen molar-refractivity contribution in [3.63, 3.8) is 0 Å². The molecule has 2 amide bonds. The lowest BCUT2D eigenvalue weighted by atomic mass is 10.0. The van der Waals surface area contributed by atoms with Crippen molar-refractivity contribution in [1.82, 2.24) is 10.6 Å². The lowest BCUT2D eigenvalue weighted by Gasteiger charge is -2.23. The molecule has 1 heterocycles. The zero-order chi connectivity index (χ0) is 13.1. The zero-order valence-electron chi connectivity index (χ0n) is 10.2. The third-order valence-corrected chi connectivity index (χ3v) is 3.05. The van der Waals surface area contributed by atoms with E-state index in [1.54, 1.807) is 13.0 Å². The van der Waals surface area contributed by atoms with Gasteiger partial charge >= 0.3 is 0 Å². The number of hydrogen-bond acceptors (Lipinski definition) is 3. The Kier molecular flexibility index (Phi) is 3.50. The van der Waals surface area contributed by atoms with Gasteiger partial charge in [0.1, 0.15) is 11.8 Å². The van der Waals surface area contributed by atoms with E-state index in [4.69, 9.17) is 0 Å². The van der Waals surface area contributed by atoms with Crippen LogP contribution in [0.1, 0.15) is 28.8 Å². The molecule has 3 N–H and O–H groups in total. The Morgan fingerprint density at radius 1 is 1.50 bits per heavy atom. The largest absolute Gasteiger partial charge is 0.508 e. The van der Waals surface area contributed by atoms with E-state index in [1.165, 1.54) is 12.1 Å².